The fraction of sp³-hybridized carbons (Fsp3) is 0.0952. The normalized spacial score (nSPS) is 12.4. The number of hydrogen-bond donors (Lipinski definition) is 2. The summed E-state index contributed by atoms with van der Waals surface area (Å²) in [7, 11) is 0. The van der Waals surface area contributed by atoms with E-state index in [-0.39, 0.29) is 5.75 Å². The third-order valence-electron chi connectivity index (χ3n) is 4.48. The summed E-state index contributed by atoms with van der Waals surface area (Å²) in [6.07, 6.45) is 1.23. The van der Waals surface area contributed by atoms with Gasteiger partial charge in [-0.25, -0.2) is 4.98 Å². The Morgan fingerprint density at radius 2 is 1.85 bits per heavy atom. The molecular formula is C21H17ClN2O2. The van der Waals surface area contributed by atoms with Crippen molar-refractivity contribution in [2.75, 3.05) is 0 Å². The average Bonchev–Trinajstić information content (AvgIpc) is 3.07. The Bertz CT molecular complexity index is 1100. The first kappa shape index (κ1) is 16.6. The molecule has 0 aliphatic rings. The molecule has 26 heavy (non-hydrogen) atoms. The molecule has 0 saturated heterocycles. The van der Waals surface area contributed by atoms with Crippen molar-refractivity contribution < 1.29 is 10.2 Å². The van der Waals surface area contributed by atoms with Crippen LogP contribution in [0.5, 0.6) is 5.75 Å². The molecule has 0 bridgehead atoms. The minimum absolute atomic E-state index is 0.0726. The van der Waals surface area contributed by atoms with Gasteiger partial charge in [-0.1, -0.05) is 41.9 Å². The number of aromatic hydroxyl groups is 1. The molecule has 1 unspecified atom stereocenters. The number of hydrogen-bond acceptors (Lipinski definition) is 3. The highest BCUT2D eigenvalue weighted by molar-refractivity contribution is 6.32. The fourth-order valence-corrected chi connectivity index (χ4v) is 3.24. The van der Waals surface area contributed by atoms with Crippen LogP contribution in [0.25, 0.3) is 27.8 Å². The zero-order valence-corrected chi connectivity index (χ0v) is 14.9. The monoisotopic (exact) mass is 364 g/mol. The lowest BCUT2D eigenvalue weighted by Crippen LogP contribution is -1.94. The number of benzene rings is 3. The lowest BCUT2D eigenvalue weighted by Gasteiger charge is -2.10. The second-order valence-electron chi connectivity index (χ2n) is 6.23. The Labute approximate surface area is 155 Å². The lowest BCUT2D eigenvalue weighted by atomic mass is 10.0. The highest BCUT2D eigenvalue weighted by Gasteiger charge is 2.11. The molecule has 3 aromatic carbocycles. The number of halogens is 1. The molecule has 4 rings (SSSR count). The summed E-state index contributed by atoms with van der Waals surface area (Å²) in [5.74, 6) is 0.0726. The van der Waals surface area contributed by atoms with Crippen LogP contribution in [0.1, 0.15) is 18.6 Å². The van der Waals surface area contributed by atoms with Crippen molar-refractivity contribution in [3.8, 4) is 22.6 Å². The van der Waals surface area contributed by atoms with Gasteiger partial charge in [0.1, 0.15) is 12.1 Å². The summed E-state index contributed by atoms with van der Waals surface area (Å²) in [5, 5.41) is 20.3. The minimum atomic E-state index is -0.529. The third kappa shape index (κ3) is 2.83. The van der Waals surface area contributed by atoms with E-state index in [9.17, 15) is 10.2 Å². The molecule has 1 heterocycles. The SMILES string of the molecule is CC(O)c1ccc2c(c1)ncn2-c1cccc(-c2cccc(Cl)c2O)c1. The van der Waals surface area contributed by atoms with Crippen molar-refractivity contribution in [3.05, 3.63) is 77.6 Å². The van der Waals surface area contributed by atoms with Crippen LogP contribution in [-0.2, 0) is 0 Å². The van der Waals surface area contributed by atoms with Crippen molar-refractivity contribution in [1.82, 2.24) is 9.55 Å². The van der Waals surface area contributed by atoms with E-state index < -0.39 is 6.10 Å². The quantitative estimate of drug-likeness (QED) is 0.531. The molecule has 4 aromatic rings. The number of aliphatic hydroxyl groups is 1. The highest BCUT2D eigenvalue weighted by Crippen LogP contribution is 2.35. The predicted octanol–water partition coefficient (Wildman–Crippen LogP) is 5.10. The number of nitrogens with zero attached hydrogens (tertiary/aromatic N) is 2. The zero-order valence-electron chi connectivity index (χ0n) is 14.1. The van der Waals surface area contributed by atoms with E-state index >= 15 is 0 Å². The van der Waals surface area contributed by atoms with Gasteiger partial charge in [0.05, 0.1) is 22.2 Å². The van der Waals surface area contributed by atoms with Crippen LogP contribution >= 0.6 is 11.6 Å². The molecule has 4 nitrogen and oxygen atoms in total. The predicted molar refractivity (Wildman–Crippen MR) is 104 cm³/mol. The van der Waals surface area contributed by atoms with Gasteiger partial charge in [0.25, 0.3) is 0 Å². The number of imidazole rings is 1. The van der Waals surface area contributed by atoms with Gasteiger partial charge in [-0.15, -0.1) is 0 Å². The van der Waals surface area contributed by atoms with Crippen LogP contribution in [0.2, 0.25) is 5.02 Å². The Hall–Kier alpha value is -2.82. The Balaban J connectivity index is 1.82. The standard InChI is InChI=1S/C21H17ClN2O2/c1-13(25)14-8-9-20-19(11-14)23-12-24(20)16-5-2-4-15(10-16)17-6-3-7-18(22)21(17)26/h2-13,25-26H,1H3. The maximum atomic E-state index is 10.3. The molecule has 1 atom stereocenters. The number of phenolic OH excluding ortho intramolecular Hbond substituents is 1. The highest BCUT2D eigenvalue weighted by atomic mass is 35.5. The Morgan fingerprint density at radius 1 is 1.04 bits per heavy atom. The van der Waals surface area contributed by atoms with Gasteiger partial charge < -0.3 is 10.2 Å². The first-order valence-corrected chi connectivity index (χ1v) is 8.66. The van der Waals surface area contributed by atoms with Crippen molar-refractivity contribution >= 4 is 22.6 Å². The molecule has 5 heteroatoms. The van der Waals surface area contributed by atoms with Crippen molar-refractivity contribution in [1.29, 1.82) is 0 Å². The molecule has 0 aliphatic heterocycles. The number of para-hydroxylation sites is 1. The smallest absolute Gasteiger partial charge is 0.141 e. The van der Waals surface area contributed by atoms with Gasteiger partial charge in [-0.3, -0.25) is 4.57 Å². The molecule has 2 N–H and O–H groups in total. The van der Waals surface area contributed by atoms with E-state index in [0.717, 1.165) is 27.8 Å². The van der Waals surface area contributed by atoms with Gasteiger partial charge in [0.2, 0.25) is 0 Å². The minimum Gasteiger partial charge on any atom is -0.506 e. The van der Waals surface area contributed by atoms with Gasteiger partial charge in [-0.05, 0) is 48.4 Å². The molecule has 1 aromatic heterocycles. The molecule has 130 valence electrons. The van der Waals surface area contributed by atoms with Crippen LogP contribution in [0.4, 0.5) is 0 Å². The van der Waals surface area contributed by atoms with Gasteiger partial charge in [-0.2, -0.15) is 0 Å². The summed E-state index contributed by atoms with van der Waals surface area (Å²) in [6.45, 7) is 1.74. The molecule has 0 saturated carbocycles. The van der Waals surface area contributed by atoms with E-state index in [4.69, 9.17) is 11.6 Å². The van der Waals surface area contributed by atoms with E-state index in [1.54, 1.807) is 19.3 Å². The van der Waals surface area contributed by atoms with Gasteiger partial charge in [0, 0.05) is 11.3 Å². The zero-order chi connectivity index (χ0) is 18.3. The Morgan fingerprint density at radius 3 is 2.65 bits per heavy atom. The molecule has 0 amide bonds. The number of fused-ring (bicyclic) bond motifs is 1. The van der Waals surface area contributed by atoms with Gasteiger partial charge in [0.15, 0.2) is 0 Å². The first-order chi connectivity index (χ1) is 12.5. The molecule has 0 radical (unpaired) electrons. The van der Waals surface area contributed by atoms with Crippen LogP contribution < -0.4 is 0 Å². The topological polar surface area (TPSA) is 58.3 Å². The van der Waals surface area contributed by atoms with Crippen molar-refractivity contribution in [3.63, 3.8) is 0 Å². The van der Waals surface area contributed by atoms with E-state index in [2.05, 4.69) is 4.98 Å². The second kappa shape index (κ2) is 6.48. The van der Waals surface area contributed by atoms with Gasteiger partial charge >= 0.3 is 0 Å². The molecule has 0 fully saturated rings. The molecular weight excluding hydrogens is 348 g/mol. The maximum absolute atomic E-state index is 10.3. The van der Waals surface area contributed by atoms with Crippen LogP contribution in [0, 0.1) is 0 Å². The van der Waals surface area contributed by atoms with Crippen molar-refractivity contribution in [2.45, 2.75) is 13.0 Å². The fourth-order valence-electron chi connectivity index (χ4n) is 3.07. The average molecular weight is 365 g/mol. The number of aromatic nitrogens is 2. The summed E-state index contributed by atoms with van der Waals surface area (Å²) >= 11 is 6.04. The summed E-state index contributed by atoms with van der Waals surface area (Å²) in [6, 6.07) is 18.9. The lowest BCUT2D eigenvalue weighted by molar-refractivity contribution is 0.199. The van der Waals surface area contributed by atoms with E-state index in [1.807, 2.05) is 59.2 Å². The first-order valence-electron chi connectivity index (χ1n) is 8.28. The van der Waals surface area contributed by atoms with Crippen LogP contribution in [0.15, 0.2) is 67.0 Å². The van der Waals surface area contributed by atoms with E-state index in [1.165, 1.54) is 0 Å². The molecule has 0 aliphatic carbocycles. The third-order valence-corrected chi connectivity index (χ3v) is 4.78. The number of phenols is 1. The summed E-state index contributed by atoms with van der Waals surface area (Å²) < 4.78 is 1.98. The number of rotatable bonds is 3. The van der Waals surface area contributed by atoms with Crippen LogP contribution in [0.3, 0.4) is 0 Å². The summed E-state index contributed by atoms with van der Waals surface area (Å²) in [4.78, 5) is 4.45. The Kier molecular flexibility index (Phi) is 4.15. The van der Waals surface area contributed by atoms with Crippen molar-refractivity contribution in [2.24, 2.45) is 0 Å². The van der Waals surface area contributed by atoms with Crippen LogP contribution in [-0.4, -0.2) is 19.8 Å². The molecule has 0 spiro atoms. The number of aliphatic hydroxyl groups excluding tert-OH is 1. The van der Waals surface area contributed by atoms with E-state index in [0.29, 0.717) is 10.6 Å². The largest absolute Gasteiger partial charge is 0.506 e. The summed E-state index contributed by atoms with van der Waals surface area (Å²) in [5.41, 5.74) is 5.07. The maximum Gasteiger partial charge on any atom is 0.141 e. The second-order valence-corrected chi connectivity index (χ2v) is 6.63.